The van der Waals surface area contributed by atoms with E-state index in [0.717, 1.165) is 12.8 Å². The first kappa shape index (κ1) is 11.6. The predicted octanol–water partition coefficient (Wildman–Crippen LogP) is 3.09. The maximum Gasteiger partial charge on any atom is 0.169 e. The fraction of sp³-hybridized carbons (Fsp3) is 0.417. The van der Waals surface area contributed by atoms with Gasteiger partial charge in [-0.15, -0.1) is 0 Å². The molecule has 1 saturated heterocycles. The lowest BCUT2D eigenvalue weighted by atomic mass is 9.93. The fourth-order valence-corrected chi connectivity index (χ4v) is 2.08. The van der Waals surface area contributed by atoms with Crippen molar-refractivity contribution in [2.24, 2.45) is 5.92 Å². The van der Waals surface area contributed by atoms with Gasteiger partial charge in [0, 0.05) is 18.1 Å². The van der Waals surface area contributed by atoms with Crippen LogP contribution in [0.25, 0.3) is 0 Å². The summed E-state index contributed by atoms with van der Waals surface area (Å²) in [5, 5.41) is -0.0851. The van der Waals surface area contributed by atoms with Crippen LogP contribution in [-0.2, 0) is 4.74 Å². The van der Waals surface area contributed by atoms with Crippen molar-refractivity contribution in [3.05, 3.63) is 34.6 Å². The Bertz CT molecular complexity index is 400. The first-order valence-electron chi connectivity index (χ1n) is 5.26. The quantitative estimate of drug-likeness (QED) is 0.745. The maximum absolute atomic E-state index is 13.2. The molecule has 0 bridgehead atoms. The lowest BCUT2D eigenvalue weighted by Gasteiger charge is -2.21. The molecular weight excluding hydrogens is 231 g/mol. The van der Waals surface area contributed by atoms with Crippen LogP contribution in [0.1, 0.15) is 23.2 Å². The number of rotatable bonds is 2. The number of carbonyl (C=O) groups excluding carboxylic acids is 1. The molecule has 0 radical (unpaired) electrons. The van der Waals surface area contributed by atoms with Crippen LogP contribution in [0.2, 0.25) is 5.02 Å². The molecule has 1 aromatic carbocycles. The van der Waals surface area contributed by atoms with Gasteiger partial charge in [0.05, 0.1) is 11.6 Å². The molecular formula is C12H12ClFO2. The Balaban J connectivity index is 2.22. The highest BCUT2D eigenvalue weighted by Crippen LogP contribution is 2.25. The highest BCUT2D eigenvalue weighted by Gasteiger charge is 2.25. The average Bonchev–Trinajstić information content (AvgIpc) is 2.33. The summed E-state index contributed by atoms with van der Waals surface area (Å²) in [7, 11) is 0. The molecule has 1 aromatic rings. The highest BCUT2D eigenvalue weighted by atomic mass is 35.5. The van der Waals surface area contributed by atoms with Crippen LogP contribution in [0.3, 0.4) is 0 Å². The van der Waals surface area contributed by atoms with E-state index in [1.807, 2.05) is 0 Å². The highest BCUT2D eigenvalue weighted by molar-refractivity contribution is 6.34. The van der Waals surface area contributed by atoms with Crippen LogP contribution < -0.4 is 0 Å². The Labute approximate surface area is 98.4 Å². The summed E-state index contributed by atoms with van der Waals surface area (Å²) < 4.78 is 18.4. The van der Waals surface area contributed by atoms with Gasteiger partial charge in [0.1, 0.15) is 5.82 Å². The standard InChI is InChI=1S/C12H12ClFO2/c13-11-9(4-1-5-10(11)14)12(15)8-3-2-6-16-7-8/h1,4-5,8H,2-3,6-7H2. The van der Waals surface area contributed by atoms with Gasteiger partial charge >= 0.3 is 0 Å². The van der Waals surface area contributed by atoms with Crippen LogP contribution in [-0.4, -0.2) is 19.0 Å². The van der Waals surface area contributed by atoms with Gasteiger partial charge in [0.2, 0.25) is 0 Å². The summed E-state index contributed by atoms with van der Waals surface area (Å²) in [4.78, 5) is 12.0. The molecule has 0 aromatic heterocycles. The van der Waals surface area contributed by atoms with Crippen LogP contribution in [0, 0.1) is 11.7 Å². The molecule has 1 atom stereocenters. The summed E-state index contributed by atoms with van der Waals surface area (Å²) in [6.45, 7) is 1.10. The third-order valence-electron chi connectivity index (χ3n) is 2.75. The molecule has 2 nitrogen and oxygen atoms in total. The van der Waals surface area contributed by atoms with Crippen molar-refractivity contribution in [2.45, 2.75) is 12.8 Å². The lowest BCUT2D eigenvalue weighted by Crippen LogP contribution is -2.25. The molecule has 1 unspecified atom stereocenters. The smallest absolute Gasteiger partial charge is 0.169 e. The normalized spacial score (nSPS) is 20.8. The number of benzene rings is 1. The van der Waals surface area contributed by atoms with Crippen molar-refractivity contribution in [3.8, 4) is 0 Å². The number of ether oxygens (including phenoxy) is 1. The monoisotopic (exact) mass is 242 g/mol. The van der Waals surface area contributed by atoms with Gasteiger partial charge in [0.15, 0.2) is 5.78 Å². The Kier molecular flexibility index (Phi) is 3.56. The summed E-state index contributed by atoms with van der Waals surface area (Å²) in [6.07, 6.45) is 1.65. The van der Waals surface area contributed by atoms with Gasteiger partial charge in [-0.2, -0.15) is 0 Å². The molecule has 2 rings (SSSR count). The minimum absolute atomic E-state index is 0.0851. The Hall–Kier alpha value is -0.930. The molecule has 16 heavy (non-hydrogen) atoms. The second-order valence-corrected chi connectivity index (χ2v) is 4.26. The van der Waals surface area contributed by atoms with Crippen LogP contribution in [0.4, 0.5) is 4.39 Å². The molecule has 1 aliphatic heterocycles. The van der Waals surface area contributed by atoms with E-state index in [4.69, 9.17) is 16.3 Å². The molecule has 0 N–H and O–H groups in total. The molecule has 0 spiro atoms. The van der Waals surface area contributed by atoms with E-state index in [-0.39, 0.29) is 22.3 Å². The largest absolute Gasteiger partial charge is 0.381 e. The predicted molar refractivity (Wildman–Crippen MR) is 59.3 cm³/mol. The van der Waals surface area contributed by atoms with E-state index >= 15 is 0 Å². The topological polar surface area (TPSA) is 26.3 Å². The maximum atomic E-state index is 13.2. The average molecular weight is 243 g/mol. The zero-order valence-electron chi connectivity index (χ0n) is 8.71. The summed E-state index contributed by atoms with van der Waals surface area (Å²) in [5.41, 5.74) is 0.261. The zero-order chi connectivity index (χ0) is 11.5. The van der Waals surface area contributed by atoms with Crippen molar-refractivity contribution < 1.29 is 13.9 Å². The molecule has 1 aliphatic rings. The fourth-order valence-electron chi connectivity index (χ4n) is 1.86. The number of carbonyl (C=O) groups is 1. The van der Waals surface area contributed by atoms with Crippen LogP contribution in [0.15, 0.2) is 18.2 Å². The Morgan fingerprint density at radius 1 is 1.50 bits per heavy atom. The number of hydrogen-bond acceptors (Lipinski definition) is 2. The van der Waals surface area contributed by atoms with Crippen molar-refractivity contribution >= 4 is 17.4 Å². The van der Waals surface area contributed by atoms with Crippen molar-refractivity contribution in [1.82, 2.24) is 0 Å². The molecule has 0 aliphatic carbocycles. The van der Waals surface area contributed by atoms with E-state index < -0.39 is 5.82 Å². The van der Waals surface area contributed by atoms with Gasteiger partial charge in [-0.25, -0.2) is 4.39 Å². The molecule has 1 heterocycles. The van der Waals surface area contributed by atoms with Crippen molar-refractivity contribution in [1.29, 1.82) is 0 Å². The molecule has 0 amide bonds. The van der Waals surface area contributed by atoms with Crippen molar-refractivity contribution in [3.63, 3.8) is 0 Å². The second-order valence-electron chi connectivity index (χ2n) is 3.88. The number of hydrogen-bond donors (Lipinski definition) is 0. The molecule has 0 saturated carbocycles. The minimum Gasteiger partial charge on any atom is -0.381 e. The molecule has 1 fully saturated rings. The van der Waals surface area contributed by atoms with Crippen LogP contribution in [0.5, 0.6) is 0 Å². The van der Waals surface area contributed by atoms with Gasteiger partial charge < -0.3 is 4.74 Å². The van der Waals surface area contributed by atoms with E-state index in [2.05, 4.69) is 0 Å². The number of halogens is 2. The number of ketones is 1. The van der Waals surface area contributed by atoms with Gasteiger partial charge in [-0.05, 0) is 25.0 Å². The van der Waals surface area contributed by atoms with E-state index in [1.165, 1.54) is 12.1 Å². The van der Waals surface area contributed by atoms with E-state index in [1.54, 1.807) is 6.07 Å². The lowest BCUT2D eigenvalue weighted by molar-refractivity contribution is 0.0461. The van der Waals surface area contributed by atoms with E-state index in [0.29, 0.717) is 13.2 Å². The Morgan fingerprint density at radius 2 is 2.31 bits per heavy atom. The summed E-state index contributed by atoms with van der Waals surface area (Å²) in [5.74, 6) is -0.860. The second kappa shape index (κ2) is 4.93. The van der Waals surface area contributed by atoms with Crippen molar-refractivity contribution in [2.75, 3.05) is 13.2 Å². The zero-order valence-corrected chi connectivity index (χ0v) is 9.47. The molecule has 4 heteroatoms. The van der Waals surface area contributed by atoms with Gasteiger partial charge in [0.25, 0.3) is 0 Å². The Morgan fingerprint density at radius 3 is 3.00 bits per heavy atom. The van der Waals surface area contributed by atoms with E-state index in [9.17, 15) is 9.18 Å². The van der Waals surface area contributed by atoms with Crippen LogP contribution >= 0.6 is 11.6 Å². The SMILES string of the molecule is O=C(c1cccc(F)c1Cl)C1CCCOC1. The van der Waals surface area contributed by atoms with Gasteiger partial charge in [-0.3, -0.25) is 4.79 Å². The first-order chi connectivity index (χ1) is 7.70. The third-order valence-corrected chi connectivity index (χ3v) is 3.13. The third kappa shape index (κ3) is 2.25. The number of Topliss-reactive ketones (excluding diaryl/α,β-unsaturated/α-hetero) is 1. The van der Waals surface area contributed by atoms with Gasteiger partial charge in [-0.1, -0.05) is 17.7 Å². The first-order valence-corrected chi connectivity index (χ1v) is 5.64. The summed E-state index contributed by atoms with van der Waals surface area (Å²) >= 11 is 5.77. The summed E-state index contributed by atoms with van der Waals surface area (Å²) in [6, 6.07) is 4.30. The molecule has 86 valence electrons. The minimum atomic E-state index is -0.552.